The van der Waals surface area contributed by atoms with Crippen LogP contribution in [0, 0.1) is 0 Å². The number of nitrogens with zero attached hydrogens (tertiary/aromatic N) is 1. The first-order valence-electron chi connectivity index (χ1n) is 9.43. The lowest BCUT2D eigenvalue weighted by molar-refractivity contribution is -0.144. The fourth-order valence-corrected chi connectivity index (χ4v) is 4.10. The Morgan fingerprint density at radius 2 is 1.44 bits per heavy atom. The smallest absolute Gasteiger partial charge is 0.331 e. The molecule has 32 heavy (non-hydrogen) atoms. The summed E-state index contributed by atoms with van der Waals surface area (Å²) in [7, 11) is 0. The van der Waals surface area contributed by atoms with Crippen molar-refractivity contribution >= 4 is 58.3 Å². The van der Waals surface area contributed by atoms with Gasteiger partial charge in [-0.1, -0.05) is 59.1 Å². The van der Waals surface area contributed by atoms with E-state index in [0.29, 0.717) is 15.6 Å². The molecule has 0 radical (unpaired) electrons. The van der Waals surface area contributed by atoms with E-state index in [0.717, 1.165) is 4.90 Å². The van der Waals surface area contributed by atoms with Crippen molar-refractivity contribution in [1.29, 1.82) is 0 Å². The first-order valence-corrected chi connectivity index (χ1v) is 10.6. The highest BCUT2D eigenvalue weighted by atomic mass is 35.5. The number of aliphatic carboxylic acids is 1. The molecule has 2 N–H and O–H groups in total. The van der Waals surface area contributed by atoms with Gasteiger partial charge in [0.05, 0.1) is 11.3 Å². The second-order valence-corrected chi connectivity index (χ2v) is 8.45. The molecule has 3 aromatic rings. The van der Waals surface area contributed by atoms with Crippen LogP contribution in [-0.4, -0.2) is 27.8 Å². The molecule has 0 bridgehead atoms. The number of carboxylic acids is 1. The highest BCUT2D eigenvalue weighted by Crippen LogP contribution is 2.38. The summed E-state index contributed by atoms with van der Waals surface area (Å²) in [5, 5.41) is 14.0. The van der Waals surface area contributed by atoms with E-state index in [1.165, 1.54) is 42.5 Å². The number of fused-ring (bicyclic) bond motifs is 1. The number of nitrogens with one attached hydrogen (secondary N) is 1. The number of rotatable bonds is 4. The van der Waals surface area contributed by atoms with Crippen LogP contribution < -0.4 is 5.32 Å². The number of hydrogen-bond acceptors (Lipinski definition) is 3. The van der Waals surface area contributed by atoms with Gasteiger partial charge in [0.1, 0.15) is 6.04 Å². The van der Waals surface area contributed by atoms with E-state index in [9.17, 15) is 19.5 Å². The lowest BCUT2D eigenvalue weighted by atomic mass is 9.98. The van der Waals surface area contributed by atoms with E-state index in [1.807, 2.05) is 0 Å². The summed E-state index contributed by atoms with van der Waals surface area (Å²) in [6.45, 7) is 0. The van der Waals surface area contributed by atoms with Gasteiger partial charge < -0.3 is 15.3 Å². The molecule has 0 aliphatic carbocycles. The van der Waals surface area contributed by atoms with Crippen LogP contribution in [0.25, 0.3) is 0 Å². The standard InChI is InChI=1S/C23H15Cl3N2O4/c24-14-5-1-12(2-6-14)19-21(29)27-18-10-9-16(26)11-17(18)22(30)28(19)20(23(31)32)13-3-7-15(25)8-4-13/h1-11,19-20H,(H,27,29)(H,31,32). The van der Waals surface area contributed by atoms with Crippen molar-refractivity contribution in [2.45, 2.75) is 12.1 Å². The third-order valence-corrected chi connectivity index (χ3v) is 5.85. The fraction of sp³-hybridized carbons (Fsp3) is 0.0870. The van der Waals surface area contributed by atoms with Gasteiger partial charge in [-0.25, -0.2) is 4.79 Å². The van der Waals surface area contributed by atoms with Crippen molar-refractivity contribution in [3.63, 3.8) is 0 Å². The minimum Gasteiger partial charge on any atom is -0.479 e. The number of hydrogen-bond donors (Lipinski definition) is 2. The Labute approximate surface area is 198 Å². The van der Waals surface area contributed by atoms with Crippen molar-refractivity contribution in [2.75, 3.05) is 5.32 Å². The first kappa shape index (κ1) is 22.1. The number of carbonyl (C=O) groups is 3. The molecule has 0 aromatic heterocycles. The molecule has 1 heterocycles. The van der Waals surface area contributed by atoms with E-state index in [2.05, 4.69) is 5.32 Å². The summed E-state index contributed by atoms with van der Waals surface area (Å²) in [6, 6.07) is 14.1. The Hall–Kier alpha value is -3.06. The normalized spacial score (nSPS) is 16.7. The Balaban J connectivity index is 1.95. The highest BCUT2D eigenvalue weighted by molar-refractivity contribution is 6.31. The zero-order chi connectivity index (χ0) is 23.0. The molecule has 9 heteroatoms. The maximum Gasteiger partial charge on any atom is 0.331 e. The van der Waals surface area contributed by atoms with E-state index < -0.39 is 29.9 Å². The van der Waals surface area contributed by atoms with Gasteiger partial charge >= 0.3 is 5.97 Å². The van der Waals surface area contributed by atoms with Crippen molar-refractivity contribution in [2.24, 2.45) is 0 Å². The van der Waals surface area contributed by atoms with Gasteiger partial charge in [0.2, 0.25) is 0 Å². The van der Waals surface area contributed by atoms with Crippen LogP contribution in [0.5, 0.6) is 0 Å². The average Bonchev–Trinajstić information content (AvgIpc) is 2.85. The summed E-state index contributed by atoms with van der Waals surface area (Å²) in [6.07, 6.45) is 0. The van der Waals surface area contributed by atoms with Gasteiger partial charge in [-0.05, 0) is 53.6 Å². The fourth-order valence-electron chi connectivity index (χ4n) is 3.68. The average molecular weight is 490 g/mol. The van der Waals surface area contributed by atoms with Gasteiger partial charge in [-0.2, -0.15) is 0 Å². The number of carboxylic acid groups (broad SMARTS) is 1. The zero-order valence-corrected chi connectivity index (χ0v) is 18.5. The molecule has 0 fully saturated rings. The molecule has 0 spiro atoms. The molecule has 1 aliphatic heterocycles. The van der Waals surface area contributed by atoms with Crippen LogP contribution in [-0.2, 0) is 9.59 Å². The summed E-state index contributed by atoms with van der Waals surface area (Å²) in [5.74, 6) is -2.54. The molecule has 0 saturated carbocycles. The summed E-state index contributed by atoms with van der Waals surface area (Å²) >= 11 is 18.1. The van der Waals surface area contributed by atoms with Gasteiger partial charge in [-0.3, -0.25) is 9.59 Å². The van der Waals surface area contributed by atoms with E-state index in [-0.39, 0.29) is 21.8 Å². The maximum absolute atomic E-state index is 13.7. The van der Waals surface area contributed by atoms with Gasteiger partial charge in [0.25, 0.3) is 11.8 Å². The van der Waals surface area contributed by atoms with Crippen LogP contribution in [0.2, 0.25) is 15.1 Å². The minimum atomic E-state index is -1.48. The van der Waals surface area contributed by atoms with Crippen molar-refractivity contribution < 1.29 is 19.5 Å². The number of halogens is 3. The Bertz CT molecular complexity index is 1210. The van der Waals surface area contributed by atoms with Crippen LogP contribution in [0.15, 0.2) is 66.7 Å². The molecule has 0 saturated heterocycles. The van der Waals surface area contributed by atoms with Crippen LogP contribution in [0.4, 0.5) is 5.69 Å². The molecule has 2 unspecified atom stereocenters. The summed E-state index contributed by atoms with van der Waals surface area (Å²) in [4.78, 5) is 40.6. The Morgan fingerprint density at radius 1 is 0.875 bits per heavy atom. The minimum absolute atomic E-state index is 0.0857. The third-order valence-electron chi connectivity index (χ3n) is 5.11. The van der Waals surface area contributed by atoms with Crippen LogP contribution >= 0.6 is 34.8 Å². The topological polar surface area (TPSA) is 86.7 Å². The maximum atomic E-state index is 13.7. The highest BCUT2D eigenvalue weighted by Gasteiger charge is 2.43. The Kier molecular flexibility index (Phi) is 6.11. The number of benzene rings is 3. The van der Waals surface area contributed by atoms with E-state index in [4.69, 9.17) is 34.8 Å². The molecule has 4 rings (SSSR count). The lowest BCUT2D eigenvalue weighted by Gasteiger charge is -2.34. The monoisotopic (exact) mass is 488 g/mol. The number of carbonyl (C=O) groups excluding carboxylic acids is 2. The first-order chi connectivity index (χ1) is 15.3. The van der Waals surface area contributed by atoms with Gasteiger partial charge in [-0.15, -0.1) is 0 Å². The molecule has 2 atom stereocenters. The van der Waals surface area contributed by atoms with E-state index >= 15 is 0 Å². The number of anilines is 1. The quantitative estimate of drug-likeness (QED) is 0.499. The second kappa shape index (κ2) is 8.82. The second-order valence-electron chi connectivity index (χ2n) is 7.14. The molecule has 6 nitrogen and oxygen atoms in total. The molecule has 162 valence electrons. The predicted molar refractivity (Wildman–Crippen MR) is 122 cm³/mol. The van der Waals surface area contributed by atoms with Gasteiger partial charge in [0.15, 0.2) is 6.04 Å². The molecule has 1 aliphatic rings. The van der Waals surface area contributed by atoms with Crippen molar-refractivity contribution in [1.82, 2.24) is 4.90 Å². The molecular weight excluding hydrogens is 475 g/mol. The van der Waals surface area contributed by atoms with Crippen molar-refractivity contribution in [3.05, 3.63) is 98.5 Å². The largest absolute Gasteiger partial charge is 0.479 e. The SMILES string of the molecule is O=C(O)C(c1ccc(Cl)cc1)N1C(=O)c2cc(Cl)ccc2NC(=O)C1c1ccc(Cl)cc1. The van der Waals surface area contributed by atoms with Crippen LogP contribution in [0.3, 0.4) is 0 Å². The number of amides is 2. The summed E-state index contributed by atoms with van der Waals surface area (Å²) in [5.41, 5.74) is 1.01. The molecular formula is C23H15Cl3N2O4. The predicted octanol–water partition coefficient (Wildman–Crippen LogP) is 5.61. The van der Waals surface area contributed by atoms with Crippen LogP contribution in [0.1, 0.15) is 33.6 Å². The molecule has 3 aromatic carbocycles. The van der Waals surface area contributed by atoms with E-state index in [1.54, 1.807) is 24.3 Å². The zero-order valence-electron chi connectivity index (χ0n) is 16.3. The third kappa shape index (κ3) is 4.17. The Morgan fingerprint density at radius 3 is 2.03 bits per heavy atom. The van der Waals surface area contributed by atoms with Gasteiger partial charge in [0, 0.05) is 15.1 Å². The molecule has 2 amide bonds. The van der Waals surface area contributed by atoms with Crippen molar-refractivity contribution in [3.8, 4) is 0 Å². The summed E-state index contributed by atoms with van der Waals surface area (Å²) < 4.78 is 0. The lowest BCUT2D eigenvalue weighted by Crippen LogP contribution is -2.44.